The number of hydrogen-bond donors (Lipinski definition) is 1. The summed E-state index contributed by atoms with van der Waals surface area (Å²) in [6.45, 7) is 1.49. The minimum Gasteiger partial charge on any atom is -0.452 e. The van der Waals surface area contributed by atoms with Crippen molar-refractivity contribution in [1.82, 2.24) is 4.98 Å². The molecule has 0 saturated heterocycles. The summed E-state index contributed by atoms with van der Waals surface area (Å²) in [5, 5.41) is 12.8. The van der Waals surface area contributed by atoms with Crippen molar-refractivity contribution < 1.29 is 19.2 Å². The van der Waals surface area contributed by atoms with Crippen molar-refractivity contribution in [1.29, 1.82) is 0 Å². The number of nitro groups is 1. The number of thiazole rings is 1. The van der Waals surface area contributed by atoms with Crippen LogP contribution < -0.4 is 5.32 Å². The van der Waals surface area contributed by atoms with Crippen LogP contribution in [0.5, 0.6) is 0 Å². The summed E-state index contributed by atoms with van der Waals surface area (Å²) in [5.41, 5.74) is 3.46. The Bertz CT molecular complexity index is 1010. The van der Waals surface area contributed by atoms with Crippen LogP contribution in [0.15, 0.2) is 54.7 Å². The molecule has 3 aromatic rings. The largest absolute Gasteiger partial charge is 0.452 e. The van der Waals surface area contributed by atoms with Gasteiger partial charge in [-0.05, 0) is 41.5 Å². The Kier molecular flexibility index (Phi) is 5.75. The lowest BCUT2D eigenvalue weighted by Gasteiger charge is -2.06. The topological polar surface area (TPSA) is 111 Å². The minimum atomic E-state index is -0.643. The number of amides is 1. The van der Waals surface area contributed by atoms with Gasteiger partial charge in [-0.25, -0.2) is 9.78 Å². The maximum atomic E-state index is 12.1. The van der Waals surface area contributed by atoms with Gasteiger partial charge in [0.25, 0.3) is 5.91 Å². The number of nitrogens with one attached hydrogen (secondary N) is 1. The van der Waals surface area contributed by atoms with Gasteiger partial charge in [-0.1, -0.05) is 42.0 Å². The van der Waals surface area contributed by atoms with Gasteiger partial charge in [0.15, 0.2) is 11.7 Å². The van der Waals surface area contributed by atoms with E-state index < -0.39 is 23.4 Å². The predicted octanol–water partition coefficient (Wildman–Crippen LogP) is 3.82. The SMILES string of the molecule is Cc1ccc(-c2ccc(C(=O)OCC(=O)Nc3ncc([N+](=O)[O-])s3)cc2)cc1. The van der Waals surface area contributed by atoms with Gasteiger partial charge in [0.1, 0.15) is 6.20 Å². The Hall–Kier alpha value is -3.59. The van der Waals surface area contributed by atoms with Crippen molar-refractivity contribution in [2.24, 2.45) is 0 Å². The number of rotatable bonds is 6. The molecular weight excluding hydrogens is 382 g/mol. The van der Waals surface area contributed by atoms with Crippen LogP contribution in [-0.2, 0) is 9.53 Å². The molecule has 1 N–H and O–H groups in total. The normalized spacial score (nSPS) is 10.3. The quantitative estimate of drug-likeness (QED) is 0.384. The van der Waals surface area contributed by atoms with Gasteiger partial charge >= 0.3 is 11.0 Å². The summed E-state index contributed by atoms with van der Waals surface area (Å²) in [6, 6.07) is 14.9. The molecule has 8 nitrogen and oxygen atoms in total. The number of hydrogen-bond acceptors (Lipinski definition) is 7. The maximum Gasteiger partial charge on any atom is 0.345 e. The molecule has 0 aliphatic carbocycles. The monoisotopic (exact) mass is 397 g/mol. The lowest BCUT2D eigenvalue weighted by molar-refractivity contribution is -0.380. The molecule has 0 bridgehead atoms. The lowest BCUT2D eigenvalue weighted by Crippen LogP contribution is -2.20. The first-order valence-corrected chi connectivity index (χ1v) is 8.98. The average molecular weight is 397 g/mol. The first-order chi connectivity index (χ1) is 13.4. The van der Waals surface area contributed by atoms with Crippen molar-refractivity contribution >= 4 is 33.3 Å². The molecule has 3 rings (SSSR count). The number of ether oxygens (including phenoxy) is 1. The second kappa shape index (κ2) is 8.40. The zero-order valence-electron chi connectivity index (χ0n) is 14.7. The van der Waals surface area contributed by atoms with Crippen molar-refractivity contribution in [2.75, 3.05) is 11.9 Å². The highest BCUT2D eigenvalue weighted by molar-refractivity contribution is 7.18. The Morgan fingerprint density at radius 3 is 2.29 bits per heavy atom. The van der Waals surface area contributed by atoms with E-state index >= 15 is 0 Å². The number of carbonyl (C=O) groups excluding carboxylic acids is 2. The van der Waals surface area contributed by atoms with Gasteiger partial charge in [-0.3, -0.25) is 20.2 Å². The molecule has 0 saturated carbocycles. The van der Waals surface area contributed by atoms with Crippen molar-refractivity contribution in [3.63, 3.8) is 0 Å². The third-order valence-electron chi connectivity index (χ3n) is 3.76. The van der Waals surface area contributed by atoms with Crippen LogP contribution in [0.1, 0.15) is 15.9 Å². The first-order valence-electron chi connectivity index (χ1n) is 8.16. The molecule has 0 atom stereocenters. The molecule has 0 spiro atoms. The lowest BCUT2D eigenvalue weighted by atomic mass is 10.0. The Morgan fingerprint density at radius 1 is 1.11 bits per heavy atom. The number of aryl methyl sites for hydroxylation is 1. The number of carbonyl (C=O) groups is 2. The summed E-state index contributed by atoms with van der Waals surface area (Å²) in [4.78, 5) is 37.6. The second-order valence-corrected chi connectivity index (χ2v) is 6.84. The Labute approximate surface area is 164 Å². The van der Waals surface area contributed by atoms with Crippen molar-refractivity contribution in [3.8, 4) is 11.1 Å². The zero-order chi connectivity index (χ0) is 20.1. The Morgan fingerprint density at radius 2 is 1.71 bits per heavy atom. The molecule has 0 unspecified atom stereocenters. The molecule has 28 heavy (non-hydrogen) atoms. The van der Waals surface area contributed by atoms with Crippen LogP contribution in [0.4, 0.5) is 10.1 Å². The second-order valence-electron chi connectivity index (χ2n) is 5.83. The van der Waals surface area contributed by atoms with Crippen molar-refractivity contribution in [3.05, 3.63) is 76.0 Å². The molecule has 1 aromatic heterocycles. The molecule has 0 fully saturated rings. The van der Waals surface area contributed by atoms with Crippen LogP contribution in [-0.4, -0.2) is 28.4 Å². The summed E-state index contributed by atoms with van der Waals surface area (Å²) in [6.07, 6.45) is 1.04. The Balaban J connectivity index is 1.54. The predicted molar refractivity (Wildman–Crippen MR) is 104 cm³/mol. The van der Waals surface area contributed by atoms with E-state index in [1.807, 2.05) is 31.2 Å². The van der Waals surface area contributed by atoms with Crippen molar-refractivity contribution in [2.45, 2.75) is 6.92 Å². The van der Waals surface area contributed by atoms with E-state index in [4.69, 9.17) is 4.74 Å². The zero-order valence-corrected chi connectivity index (χ0v) is 15.6. The van der Waals surface area contributed by atoms with E-state index in [-0.39, 0.29) is 10.1 Å². The standard InChI is InChI=1S/C19H15N3O5S/c1-12-2-4-13(5-3-12)14-6-8-15(9-7-14)18(24)27-11-16(23)21-19-20-10-17(28-19)22(25)26/h2-10H,11H2,1H3,(H,20,21,23). The van der Waals surface area contributed by atoms with Crippen LogP contribution in [0, 0.1) is 17.0 Å². The maximum absolute atomic E-state index is 12.1. The fraction of sp³-hybridized carbons (Fsp3) is 0.105. The molecule has 0 aliphatic heterocycles. The van der Waals surface area contributed by atoms with E-state index in [0.717, 1.165) is 34.2 Å². The number of aromatic nitrogens is 1. The summed E-state index contributed by atoms with van der Waals surface area (Å²) < 4.78 is 4.97. The smallest absolute Gasteiger partial charge is 0.345 e. The fourth-order valence-corrected chi connectivity index (χ4v) is 2.97. The van der Waals surface area contributed by atoms with Gasteiger partial charge in [-0.15, -0.1) is 0 Å². The minimum absolute atomic E-state index is 0.0650. The van der Waals surface area contributed by atoms with Gasteiger partial charge < -0.3 is 4.74 Å². The highest BCUT2D eigenvalue weighted by Gasteiger charge is 2.15. The molecule has 1 heterocycles. The molecule has 0 radical (unpaired) electrons. The van der Waals surface area contributed by atoms with E-state index in [2.05, 4.69) is 10.3 Å². The highest BCUT2D eigenvalue weighted by Crippen LogP contribution is 2.25. The third kappa shape index (κ3) is 4.77. The molecule has 2 aromatic carbocycles. The van der Waals surface area contributed by atoms with E-state index in [0.29, 0.717) is 5.56 Å². The first kappa shape index (κ1) is 19.2. The van der Waals surface area contributed by atoms with Gasteiger partial charge in [0, 0.05) is 0 Å². The van der Waals surface area contributed by atoms with Gasteiger partial charge in [-0.2, -0.15) is 0 Å². The summed E-state index contributed by atoms with van der Waals surface area (Å²) >= 11 is 0.718. The van der Waals surface area contributed by atoms with Gasteiger partial charge in [0.05, 0.1) is 10.5 Å². The van der Waals surface area contributed by atoms with Crippen LogP contribution in [0.2, 0.25) is 0 Å². The van der Waals surface area contributed by atoms with Gasteiger partial charge in [0.2, 0.25) is 0 Å². The molecule has 0 aliphatic rings. The van der Waals surface area contributed by atoms with Crippen LogP contribution in [0.3, 0.4) is 0 Å². The number of esters is 1. The molecule has 1 amide bonds. The molecular formula is C19H15N3O5S. The van der Waals surface area contributed by atoms with E-state index in [1.165, 1.54) is 0 Å². The number of anilines is 1. The highest BCUT2D eigenvalue weighted by atomic mass is 32.1. The third-order valence-corrected chi connectivity index (χ3v) is 4.62. The average Bonchev–Trinajstić information content (AvgIpc) is 3.16. The van der Waals surface area contributed by atoms with E-state index in [9.17, 15) is 19.7 Å². The van der Waals surface area contributed by atoms with E-state index in [1.54, 1.807) is 24.3 Å². The number of benzene rings is 2. The summed E-state index contributed by atoms with van der Waals surface area (Å²) in [7, 11) is 0. The summed E-state index contributed by atoms with van der Waals surface area (Å²) in [5.74, 6) is -1.27. The fourth-order valence-electron chi connectivity index (χ4n) is 2.32. The van der Waals surface area contributed by atoms with Crippen LogP contribution in [0.25, 0.3) is 11.1 Å². The number of nitrogens with zero attached hydrogens (tertiary/aromatic N) is 2. The molecule has 142 valence electrons. The van der Waals surface area contributed by atoms with Crippen LogP contribution >= 0.6 is 11.3 Å². The molecule has 9 heteroatoms.